The molecule has 1 aromatic carbocycles. The van der Waals surface area contributed by atoms with Gasteiger partial charge in [0.2, 0.25) is 0 Å². The van der Waals surface area contributed by atoms with Crippen molar-refractivity contribution in [2.45, 2.75) is 19.9 Å². The first-order chi connectivity index (χ1) is 9.72. The Labute approximate surface area is 119 Å². The van der Waals surface area contributed by atoms with Crippen LogP contribution in [0.3, 0.4) is 0 Å². The van der Waals surface area contributed by atoms with Crippen LogP contribution in [0.5, 0.6) is 17.2 Å². The molecule has 0 amide bonds. The number of nitrogens with one attached hydrogen (secondary N) is 1. The summed E-state index contributed by atoms with van der Waals surface area (Å²) in [5.74, 6) is 2.22. The van der Waals surface area contributed by atoms with Gasteiger partial charge in [-0.05, 0) is 37.7 Å². The third kappa shape index (κ3) is 3.71. The fourth-order valence-corrected chi connectivity index (χ4v) is 1.92. The van der Waals surface area contributed by atoms with Gasteiger partial charge in [0.25, 0.3) is 0 Å². The normalized spacial score (nSPS) is 11.9. The first-order valence-electron chi connectivity index (χ1n) is 6.74. The summed E-state index contributed by atoms with van der Waals surface area (Å²) >= 11 is 0. The largest absolute Gasteiger partial charge is 0.497 e. The molecule has 20 heavy (non-hydrogen) atoms. The zero-order chi connectivity index (χ0) is 14.4. The minimum atomic E-state index is 0.242. The highest BCUT2D eigenvalue weighted by molar-refractivity contribution is 5.36. The number of methoxy groups -OCH3 is 1. The van der Waals surface area contributed by atoms with Crippen molar-refractivity contribution in [2.75, 3.05) is 13.7 Å². The highest BCUT2D eigenvalue weighted by Gasteiger charge is 2.06. The number of ether oxygens (including phenoxy) is 2. The summed E-state index contributed by atoms with van der Waals surface area (Å²) in [6, 6.07) is 11.6. The van der Waals surface area contributed by atoms with Crippen molar-refractivity contribution in [1.29, 1.82) is 0 Å². The van der Waals surface area contributed by atoms with E-state index in [2.05, 4.69) is 24.1 Å². The molecule has 2 aromatic rings. The van der Waals surface area contributed by atoms with E-state index >= 15 is 0 Å². The minimum Gasteiger partial charge on any atom is -0.497 e. The molecule has 0 fully saturated rings. The molecular formula is C16H20N2O2. The predicted octanol–water partition coefficient (Wildman–Crippen LogP) is 3.55. The number of aromatic nitrogens is 1. The smallest absolute Gasteiger partial charge is 0.145 e. The van der Waals surface area contributed by atoms with E-state index in [4.69, 9.17) is 9.47 Å². The van der Waals surface area contributed by atoms with Gasteiger partial charge in [0.15, 0.2) is 0 Å². The van der Waals surface area contributed by atoms with E-state index in [1.807, 2.05) is 36.4 Å². The van der Waals surface area contributed by atoms with Gasteiger partial charge in [-0.15, -0.1) is 0 Å². The maximum atomic E-state index is 5.75. The Bertz CT molecular complexity index is 540. The van der Waals surface area contributed by atoms with E-state index < -0.39 is 0 Å². The lowest BCUT2D eigenvalue weighted by molar-refractivity contribution is 0.409. The maximum absolute atomic E-state index is 5.75. The van der Waals surface area contributed by atoms with Crippen LogP contribution in [0.2, 0.25) is 0 Å². The molecule has 0 aliphatic heterocycles. The van der Waals surface area contributed by atoms with Crippen molar-refractivity contribution in [3.05, 3.63) is 48.3 Å². The van der Waals surface area contributed by atoms with Crippen LogP contribution in [-0.2, 0) is 0 Å². The van der Waals surface area contributed by atoms with Gasteiger partial charge in [-0.1, -0.05) is 13.0 Å². The zero-order valence-corrected chi connectivity index (χ0v) is 12.1. The van der Waals surface area contributed by atoms with Crippen LogP contribution in [0.4, 0.5) is 0 Å². The topological polar surface area (TPSA) is 43.4 Å². The minimum absolute atomic E-state index is 0.242. The first kappa shape index (κ1) is 14.3. The fraction of sp³-hybridized carbons (Fsp3) is 0.312. The molecular weight excluding hydrogens is 252 g/mol. The van der Waals surface area contributed by atoms with Crippen LogP contribution in [-0.4, -0.2) is 18.6 Å². The second-order valence-corrected chi connectivity index (χ2v) is 4.48. The van der Waals surface area contributed by atoms with Gasteiger partial charge in [-0.2, -0.15) is 0 Å². The van der Waals surface area contributed by atoms with Crippen molar-refractivity contribution < 1.29 is 9.47 Å². The van der Waals surface area contributed by atoms with Gasteiger partial charge in [-0.3, -0.25) is 4.98 Å². The SMILES string of the molecule is CCNC(C)c1ccc(Oc2cccc(OC)c2)cn1. The Morgan fingerprint density at radius 1 is 1.15 bits per heavy atom. The Balaban J connectivity index is 2.06. The predicted molar refractivity (Wildman–Crippen MR) is 79.4 cm³/mol. The Morgan fingerprint density at radius 2 is 1.95 bits per heavy atom. The molecule has 0 bridgehead atoms. The van der Waals surface area contributed by atoms with E-state index in [1.54, 1.807) is 13.3 Å². The highest BCUT2D eigenvalue weighted by atomic mass is 16.5. The van der Waals surface area contributed by atoms with Crippen LogP contribution < -0.4 is 14.8 Å². The lowest BCUT2D eigenvalue weighted by Crippen LogP contribution is -2.18. The van der Waals surface area contributed by atoms with E-state index in [-0.39, 0.29) is 6.04 Å². The molecule has 0 radical (unpaired) electrons. The van der Waals surface area contributed by atoms with Gasteiger partial charge >= 0.3 is 0 Å². The fourth-order valence-electron chi connectivity index (χ4n) is 1.92. The molecule has 1 unspecified atom stereocenters. The highest BCUT2D eigenvalue weighted by Crippen LogP contribution is 2.25. The zero-order valence-electron chi connectivity index (χ0n) is 12.1. The molecule has 1 N–H and O–H groups in total. The van der Waals surface area contributed by atoms with Crippen molar-refractivity contribution in [2.24, 2.45) is 0 Å². The molecule has 1 aromatic heterocycles. The number of hydrogen-bond acceptors (Lipinski definition) is 4. The van der Waals surface area contributed by atoms with Gasteiger partial charge in [0.1, 0.15) is 17.2 Å². The molecule has 0 aliphatic carbocycles. The van der Waals surface area contributed by atoms with Crippen LogP contribution >= 0.6 is 0 Å². The number of nitrogens with zero attached hydrogens (tertiary/aromatic N) is 1. The first-order valence-corrected chi connectivity index (χ1v) is 6.74. The Morgan fingerprint density at radius 3 is 2.60 bits per heavy atom. The van der Waals surface area contributed by atoms with Crippen LogP contribution in [0, 0.1) is 0 Å². The average Bonchev–Trinajstić information content (AvgIpc) is 2.48. The average molecular weight is 272 g/mol. The molecule has 4 heteroatoms. The standard InChI is InChI=1S/C16H20N2O2/c1-4-17-12(2)16-9-8-15(11-18-16)20-14-7-5-6-13(10-14)19-3/h5-12,17H,4H2,1-3H3. The van der Waals surface area contributed by atoms with Crippen LogP contribution in [0.25, 0.3) is 0 Å². The van der Waals surface area contributed by atoms with Gasteiger partial charge in [-0.25, -0.2) is 0 Å². The van der Waals surface area contributed by atoms with Gasteiger partial charge in [0.05, 0.1) is 19.0 Å². The third-order valence-corrected chi connectivity index (χ3v) is 2.99. The van der Waals surface area contributed by atoms with E-state index in [0.717, 1.165) is 23.7 Å². The quantitative estimate of drug-likeness (QED) is 0.873. The van der Waals surface area contributed by atoms with Crippen molar-refractivity contribution >= 4 is 0 Å². The summed E-state index contributed by atoms with van der Waals surface area (Å²) < 4.78 is 10.9. The third-order valence-electron chi connectivity index (χ3n) is 2.99. The van der Waals surface area contributed by atoms with Crippen LogP contribution in [0.1, 0.15) is 25.6 Å². The summed E-state index contributed by atoms with van der Waals surface area (Å²) in [6.07, 6.45) is 1.74. The molecule has 1 atom stereocenters. The number of hydrogen-bond donors (Lipinski definition) is 1. The summed E-state index contributed by atoms with van der Waals surface area (Å²) in [5.41, 5.74) is 1.00. The molecule has 4 nitrogen and oxygen atoms in total. The molecule has 0 aliphatic rings. The number of pyridine rings is 1. The molecule has 1 heterocycles. The summed E-state index contributed by atoms with van der Waals surface area (Å²) in [6.45, 7) is 5.09. The molecule has 0 saturated heterocycles. The Kier molecular flexibility index (Phi) is 4.96. The second kappa shape index (κ2) is 6.91. The monoisotopic (exact) mass is 272 g/mol. The molecule has 106 valence electrons. The lowest BCUT2D eigenvalue weighted by atomic mass is 10.2. The summed E-state index contributed by atoms with van der Waals surface area (Å²) in [4.78, 5) is 4.42. The Hall–Kier alpha value is -2.07. The molecule has 2 rings (SSSR count). The van der Waals surface area contributed by atoms with Gasteiger partial charge in [0, 0.05) is 12.1 Å². The number of rotatable bonds is 6. The lowest BCUT2D eigenvalue weighted by Gasteiger charge is -2.12. The van der Waals surface area contributed by atoms with E-state index in [9.17, 15) is 0 Å². The van der Waals surface area contributed by atoms with Crippen molar-refractivity contribution in [3.63, 3.8) is 0 Å². The second-order valence-electron chi connectivity index (χ2n) is 4.48. The van der Waals surface area contributed by atoms with E-state index in [1.165, 1.54) is 0 Å². The molecule has 0 saturated carbocycles. The van der Waals surface area contributed by atoms with Gasteiger partial charge < -0.3 is 14.8 Å². The number of benzene rings is 1. The summed E-state index contributed by atoms with van der Waals surface area (Å²) in [7, 11) is 1.64. The molecule has 0 spiro atoms. The van der Waals surface area contributed by atoms with Crippen molar-refractivity contribution in [3.8, 4) is 17.2 Å². The van der Waals surface area contributed by atoms with E-state index in [0.29, 0.717) is 5.75 Å². The summed E-state index contributed by atoms with van der Waals surface area (Å²) in [5, 5.41) is 3.33. The maximum Gasteiger partial charge on any atom is 0.145 e. The van der Waals surface area contributed by atoms with Crippen molar-refractivity contribution in [1.82, 2.24) is 10.3 Å². The van der Waals surface area contributed by atoms with Crippen LogP contribution in [0.15, 0.2) is 42.6 Å².